The molecule has 0 aliphatic heterocycles. The van der Waals surface area contributed by atoms with Gasteiger partial charge in [-0.1, -0.05) is 25.0 Å². The average Bonchev–Trinajstić information content (AvgIpc) is 2.65. The molecule has 26 heavy (non-hydrogen) atoms. The average molecular weight is 361 g/mol. The van der Waals surface area contributed by atoms with Crippen LogP contribution in [0.15, 0.2) is 40.1 Å². The Morgan fingerprint density at radius 3 is 2.62 bits per heavy atom. The van der Waals surface area contributed by atoms with Crippen molar-refractivity contribution in [2.75, 3.05) is 7.11 Å². The SMILES string of the molecule is COc1ccc(C2CCCCC2NC(=O)n2cc(F)c(=O)[nH]c2=O)cc1. The maximum absolute atomic E-state index is 13.4. The lowest BCUT2D eigenvalue weighted by Gasteiger charge is -2.32. The second-order valence-corrected chi connectivity index (χ2v) is 6.33. The van der Waals surface area contributed by atoms with Crippen LogP contribution in [-0.4, -0.2) is 28.7 Å². The highest BCUT2D eigenvalue weighted by Gasteiger charge is 2.28. The number of nitrogens with zero attached hydrogens (tertiary/aromatic N) is 1. The highest BCUT2D eigenvalue weighted by molar-refractivity contribution is 5.76. The molecule has 1 fully saturated rings. The van der Waals surface area contributed by atoms with Crippen LogP contribution in [0.4, 0.5) is 9.18 Å². The first kappa shape index (κ1) is 17.9. The number of halogens is 1. The van der Waals surface area contributed by atoms with E-state index in [-0.39, 0.29) is 12.0 Å². The lowest BCUT2D eigenvalue weighted by Crippen LogP contribution is -2.47. The van der Waals surface area contributed by atoms with Crippen LogP contribution in [0.1, 0.15) is 37.2 Å². The number of aromatic nitrogens is 2. The van der Waals surface area contributed by atoms with Crippen molar-refractivity contribution < 1.29 is 13.9 Å². The molecule has 1 amide bonds. The van der Waals surface area contributed by atoms with E-state index in [1.54, 1.807) is 12.1 Å². The Kier molecular flexibility index (Phi) is 5.20. The molecule has 3 rings (SSSR count). The summed E-state index contributed by atoms with van der Waals surface area (Å²) in [7, 11) is 1.60. The van der Waals surface area contributed by atoms with E-state index < -0.39 is 23.1 Å². The summed E-state index contributed by atoms with van der Waals surface area (Å²) in [5.41, 5.74) is -1.05. The van der Waals surface area contributed by atoms with E-state index in [9.17, 15) is 18.8 Å². The van der Waals surface area contributed by atoms with Crippen molar-refractivity contribution in [3.63, 3.8) is 0 Å². The number of ether oxygens (including phenoxy) is 1. The van der Waals surface area contributed by atoms with Crippen molar-refractivity contribution >= 4 is 6.03 Å². The first-order valence-electron chi connectivity index (χ1n) is 8.46. The van der Waals surface area contributed by atoms with Crippen molar-refractivity contribution in [2.45, 2.75) is 37.6 Å². The van der Waals surface area contributed by atoms with Crippen LogP contribution in [0, 0.1) is 5.82 Å². The molecular weight excluding hydrogens is 341 g/mol. The lowest BCUT2D eigenvalue weighted by atomic mass is 9.80. The standard InChI is InChI=1S/C18H20FN3O4/c1-26-12-8-6-11(7-9-12)13-4-2-3-5-15(13)20-17(24)22-10-14(19)16(23)21-18(22)25/h6-10,13,15H,2-5H2,1H3,(H,20,24)(H,21,23,25). The number of hydrogen-bond donors (Lipinski definition) is 2. The third kappa shape index (κ3) is 3.68. The molecule has 8 heteroatoms. The van der Waals surface area contributed by atoms with Crippen LogP contribution >= 0.6 is 0 Å². The predicted molar refractivity (Wildman–Crippen MR) is 93.2 cm³/mol. The van der Waals surface area contributed by atoms with Gasteiger partial charge in [0.25, 0.3) is 5.56 Å². The number of hydrogen-bond acceptors (Lipinski definition) is 4. The van der Waals surface area contributed by atoms with Crippen LogP contribution in [0.2, 0.25) is 0 Å². The van der Waals surface area contributed by atoms with E-state index in [1.807, 2.05) is 24.3 Å². The molecule has 1 heterocycles. The summed E-state index contributed by atoms with van der Waals surface area (Å²) < 4.78 is 19.1. The Labute approximate surface area is 148 Å². The zero-order valence-corrected chi connectivity index (χ0v) is 14.3. The van der Waals surface area contributed by atoms with E-state index >= 15 is 0 Å². The number of amides is 1. The van der Waals surface area contributed by atoms with Crippen LogP contribution in [0.3, 0.4) is 0 Å². The Hall–Kier alpha value is -2.90. The molecular formula is C18H20FN3O4. The number of carbonyl (C=O) groups is 1. The maximum Gasteiger partial charge on any atom is 0.336 e. The van der Waals surface area contributed by atoms with Crippen molar-refractivity contribution in [2.24, 2.45) is 0 Å². The van der Waals surface area contributed by atoms with Gasteiger partial charge in [0.05, 0.1) is 13.3 Å². The number of rotatable bonds is 3. The van der Waals surface area contributed by atoms with Crippen LogP contribution in [0.25, 0.3) is 0 Å². The summed E-state index contributed by atoms with van der Waals surface area (Å²) in [6, 6.07) is 6.71. The molecule has 2 atom stereocenters. The first-order valence-corrected chi connectivity index (χ1v) is 8.46. The molecule has 1 aromatic heterocycles. The number of benzene rings is 1. The third-order valence-corrected chi connectivity index (χ3v) is 4.74. The Bertz CT molecular complexity index is 904. The van der Waals surface area contributed by atoms with Crippen molar-refractivity contribution in [3.8, 4) is 5.75 Å². The molecule has 1 aliphatic rings. The quantitative estimate of drug-likeness (QED) is 0.874. The second-order valence-electron chi connectivity index (χ2n) is 6.33. The number of nitrogens with one attached hydrogen (secondary N) is 2. The molecule has 7 nitrogen and oxygen atoms in total. The molecule has 2 N–H and O–H groups in total. The fourth-order valence-electron chi connectivity index (χ4n) is 3.38. The Morgan fingerprint density at radius 2 is 1.92 bits per heavy atom. The summed E-state index contributed by atoms with van der Waals surface area (Å²) in [5.74, 6) is -0.350. The van der Waals surface area contributed by atoms with E-state index in [0.29, 0.717) is 10.8 Å². The van der Waals surface area contributed by atoms with Crippen molar-refractivity contribution in [3.05, 3.63) is 62.7 Å². The second kappa shape index (κ2) is 7.55. The topological polar surface area (TPSA) is 93.2 Å². The van der Waals surface area contributed by atoms with Crippen LogP contribution in [0.5, 0.6) is 5.75 Å². The number of aromatic amines is 1. The molecule has 0 radical (unpaired) electrons. The zero-order chi connectivity index (χ0) is 18.7. The molecule has 0 spiro atoms. The Balaban J connectivity index is 1.82. The Morgan fingerprint density at radius 1 is 1.23 bits per heavy atom. The normalized spacial score (nSPS) is 19.8. The van der Waals surface area contributed by atoms with Crippen molar-refractivity contribution in [1.82, 2.24) is 14.9 Å². The minimum atomic E-state index is -1.19. The van der Waals surface area contributed by atoms with Gasteiger partial charge in [-0.15, -0.1) is 0 Å². The van der Waals surface area contributed by atoms with Gasteiger partial charge in [-0.25, -0.2) is 14.2 Å². The zero-order valence-electron chi connectivity index (χ0n) is 14.3. The van der Waals surface area contributed by atoms with Gasteiger partial charge in [-0.05, 0) is 30.5 Å². The largest absolute Gasteiger partial charge is 0.497 e. The molecule has 138 valence electrons. The summed E-state index contributed by atoms with van der Waals surface area (Å²) in [5, 5.41) is 2.80. The molecule has 1 aliphatic carbocycles. The van der Waals surface area contributed by atoms with E-state index in [2.05, 4.69) is 5.32 Å². The van der Waals surface area contributed by atoms with Gasteiger partial charge >= 0.3 is 11.7 Å². The number of H-pyrrole nitrogens is 1. The number of methoxy groups -OCH3 is 1. The molecule has 0 bridgehead atoms. The fraction of sp³-hybridized carbons (Fsp3) is 0.389. The van der Waals surface area contributed by atoms with Gasteiger partial charge < -0.3 is 10.1 Å². The highest BCUT2D eigenvalue weighted by Crippen LogP contribution is 2.33. The monoisotopic (exact) mass is 361 g/mol. The smallest absolute Gasteiger partial charge is 0.336 e. The van der Waals surface area contributed by atoms with Crippen LogP contribution < -0.4 is 21.3 Å². The third-order valence-electron chi connectivity index (χ3n) is 4.74. The lowest BCUT2D eigenvalue weighted by molar-refractivity contribution is 0.228. The number of carbonyl (C=O) groups excluding carboxylic acids is 1. The summed E-state index contributed by atoms with van der Waals surface area (Å²) >= 11 is 0. The van der Waals surface area contributed by atoms with E-state index in [4.69, 9.17) is 4.74 Å². The van der Waals surface area contributed by atoms with Crippen molar-refractivity contribution in [1.29, 1.82) is 0 Å². The summed E-state index contributed by atoms with van der Waals surface area (Å²) in [6.07, 6.45) is 4.25. The molecule has 0 saturated heterocycles. The van der Waals surface area contributed by atoms with Gasteiger partial charge in [-0.3, -0.25) is 9.78 Å². The fourth-order valence-corrected chi connectivity index (χ4v) is 3.38. The van der Waals surface area contributed by atoms with Gasteiger partial charge in [-0.2, -0.15) is 4.39 Å². The molecule has 1 saturated carbocycles. The van der Waals surface area contributed by atoms with Gasteiger partial charge in [0.1, 0.15) is 5.75 Å². The molecule has 2 unspecified atom stereocenters. The maximum atomic E-state index is 13.4. The summed E-state index contributed by atoms with van der Waals surface area (Å²) in [4.78, 5) is 37.1. The minimum absolute atomic E-state index is 0.0851. The molecule has 1 aromatic carbocycles. The summed E-state index contributed by atoms with van der Waals surface area (Å²) in [6.45, 7) is 0. The minimum Gasteiger partial charge on any atom is -0.497 e. The molecule has 2 aromatic rings. The highest BCUT2D eigenvalue weighted by atomic mass is 19.1. The predicted octanol–water partition coefficient (Wildman–Crippen LogP) is 1.97. The first-order chi connectivity index (χ1) is 12.5. The van der Waals surface area contributed by atoms with Gasteiger partial charge in [0.15, 0.2) is 0 Å². The van der Waals surface area contributed by atoms with E-state index in [1.165, 1.54) is 0 Å². The van der Waals surface area contributed by atoms with Gasteiger partial charge in [0.2, 0.25) is 5.82 Å². The van der Waals surface area contributed by atoms with Crippen LogP contribution in [-0.2, 0) is 0 Å². The van der Waals surface area contributed by atoms with Gasteiger partial charge in [0, 0.05) is 12.0 Å². The van der Waals surface area contributed by atoms with E-state index in [0.717, 1.165) is 37.0 Å².